The minimum atomic E-state index is -1.22. The summed E-state index contributed by atoms with van der Waals surface area (Å²) in [6.07, 6.45) is 3.89. The van der Waals surface area contributed by atoms with Gasteiger partial charge in [-0.3, -0.25) is 14.7 Å². The molecule has 1 unspecified atom stereocenters. The number of cyclic esters (lactones) is 1. The highest BCUT2D eigenvalue weighted by Crippen LogP contribution is 2.44. The van der Waals surface area contributed by atoms with Crippen LogP contribution in [0.3, 0.4) is 0 Å². The lowest BCUT2D eigenvalue weighted by Crippen LogP contribution is -2.45. The number of halogens is 1. The Morgan fingerprint density at radius 1 is 1.19 bits per heavy atom. The van der Waals surface area contributed by atoms with Crippen LogP contribution in [0.4, 0.5) is 4.39 Å². The van der Waals surface area contributed by atoms with E-state index in [1.54, 1.807) is 30.2 Å². The Labute approximate surface area is 184 Å². The molecular weight excluding hydrogens is 417 g/mol. The number of pyridine rings is 1. The van der Waals surface area contributed by atoms with Crippen molar-refractivity contribution in [1.82, 2.24) is 35.0 Å². The maximum absolute atomic E-state index is 14.9. The number of nitrogens with zero attached hydrogens (tertiary/aromatic N) is 7. The molecule has 0 aliphatic carbocycles. The van der Waals surface area contributed by atoms with Crippen LogP contribution in [-0.2, 0) is 14.3 Å². The largest absolute Gasteiger partial charge is 0.456 e. The molecule has 2 fully saturated rings. The number of hydrogen-bond donors (Lipinski definition) is 0. The summed E-state index contributed by atoms with van der Waals surface area (Å²) in [5.74, 6) is -0.279. The van der Waals surface area contributed by atoms with E-state index in [-0.39, 0.29) is 25.0 Å². The predicted molar refractivity (Wildman–Crippen MR) is 109 cm³/mol. The molecule has 1 amide bonds. The highest BCUT2D eigenvalue weighted by atomic mass is 19.1. The lowest BCUT2D eigenvalue weighted by atomic mass is 9.77. The van der Waals surface area contributed by atoms with Crippen molar-refractivity contribution in [3.63, 3.8) is 0 Å². The fourth-order valence-electron chi connectivity index (χ4n) is 4.77. The van der Waals surface area contributed by atoms with E-state index in [0.717, 1.165) is 6.42 Å². The first-order valence-corrected chi connectivity index (χ1v) is 10.7. The zero-order valence-corrected chi connectivity index (χ0v) is 17.8. The van der Waals surface area contributed by atoms with Crippen LogP contribution in [0.1, 0.15) is 38.1 Å². The number of hydrogen-bond acceptors (Lipinski definition) is 8. The number of esters is 1. The summed E-state index contributed by atoms with van der Waals surface area (Å²) in [7, 11) is 0. The quantitative estimate of drug-likeness (QED) is 0.638. The number of aromatic nitrogens is 5. The summed E-state index contributed by atoms with van der Waals surface area (Å²) in [5, 5.41) is 10.9. The molecule has 2 aromatic rings. The van der Waals surface area contributed by atoms with Crippen LogP contribution in [0.5, 0.6) is 0 Å². The fourth-order valence-corrected chi connectivity index (χ4v) is 4.77. The summed E-state index contributed by atoms with van der Waals surface area (Å²) >= 11 is 0. The smallest absolute Gasteiger partial charge is 0.336 e. The molecule has 0 aromatic carbocycles. The first-order chi connectivity index (χ1) is 15.5. The summed E-state index contributed by atoms with van der Waals surface area (Å²) < 4.78 is 21.4. The number of ether oxygens (including phenoxy) is 1. The van der Waals surface area contributed by atoms with E-state index in [9.17, 15) is 14.0 Å². The van der Waals surface area contributed by atoms with Gasteiger partial charge in [-0.25, -0.2) is 9.18 Å². The van der Waals surface area contributed by atoms with Crippen molar-refractivity contribution in [3.05, 3.63) is 41.6 Å². The molecule has 0 N–H and O–H groups in total. The third kappa shape index (κ3) is 3.56. The number of alkyl halides is 1. The zero-order valence-electron chi connectivity index (χ0n) is 17.8. The monoisotopic (exact) mass is 441 g/mol. The fraction of sp³-hybridized carbons (Fsp3) is 0.524. The third-order valence-corrected chi connectivity index (χ3v) is 6.85. The maximum atomic E-state index is 14.9. The van der Waals surface area contributed by atoms with E-state index < -0.39 is 11.6 Å². The lowest BCUT2D eigenvalue weighted by molar-refractivity contribution is -0.138. The highest BCUT2D eigenvalue weighted by molar-refractivity contribution is 5.94. The molecule has 32 heavy (non-hydrogen) atoms. The Morgan fingerprint density at radius 2 is 1.97 bits per heavy atom. The number of tetrazole rings is 1. The molecular formula is C21H24FN7O3. The average molecular weight is 441 g/mol. The number of amides is 1. The third-order valence-electron chi connectivity index (χ3n) is 6.85. The molecule has 2 aromatic heterocycles. The zero-order chi connectivity index (χ0) is 22.3. The highest BCUT2D eigenvalue weighted by Gasteiger charge is 2.50. The Morgan fingerprint density at radius 3 is 2.59 bits per heavy atom. The molecule has 0 saturated carbocycles. The van der Waals surface area contributed by atoms with Crippen LogP contribution in [0.15, 0.2) is 35.9 Å². The van der Waals surface area contributed by atoms with Crippen molar-refractivity contribution in [2.24, 2.45) is 5.41 Å². The molecule has 168 valence electrons. The van der Waals surface area contributed by atoms with Crippen molar-refractivity contribution in [2.45, 2.75) is 32.4 Å². The molecule has 3 aliphatic heterocycles. The molecule has 10 nitrogen and oxygen atoms in total. The first-order valence-electron chi connectivity index (χ1n) is 10.7. The predicted octanol–water partition coefficient (Wildman–Crippen LogP) is 1.21. The molecule has 3 aliphatic rings. The molecule has 1 atom stereocenters. The van der Waals surface area contributed by atoms with E-state index in [1.165, 1.54) is 11.0 Å². The molecule has 0 radical (unpaired) electrons. The molecule has 5 rings (SSSR count). The van der Waals surface area contributed by atoms with Gasteiger partial charge in [-0.05, 0) is 61.8 Å². The minimum Gasteiger partial charge on any atom is -0.456 e. The van der Waals surface area contributed by atoms with Crippen LogP contribution in [0.2, 0.25) is 0 Å². The first kappa shape index (κ1) is 20.7. The number of piperidine rings is 1. The number of carbonyl (C=O) groups excluding carboxylic acids is 2. The van der Waals surface area contributed by atoms with Gasteiger partial charge in [0.2, 0.25) is 5.91 Å². The Bertz CT molecular complexity index is 1050. The topological polar surface area (TPSA) is 106 Å². The SMILES string of the molecule is CC1=C(N2CCC3(CCN(CC(F)c4ccc(-n5cnnn5)cn4)CC3)C2=O)COC1=O. The van der Waals surface area contributed by atoms with Crippen molar-refractivity contribution in [2.75, 3.05) is 32.8 Å². The molecule has 0 bridgehead atoms. The number of rotatable bonds is 5. The Hall–Kier alpha value is -3.21. The van der Waals surface area contributed by atoms with Gasteiger partial charge >= 0.3 is 5.97 Å². The van der Waals surface area contributed by atoms with Crippen LogP contribution in [0, 0.1) is 5.41 Å². The van der Waals surface area contributed by atoms with Crippen molar-refractivity contribution in [1.29, 1.82) is 0 Å². The maximum Gasteiger partial charge on any atom is 0.336 e. The minimum absolute atomic E-state index is 0.0708. The van der Waals surface area contributed by atoms with Gasteiger partial charge < -0.3 is 9.64 Å². The van der Waals surface area contributed by atoms with Gasteiger partial charge in [0, 0.05) is 13.1 Å². The van der Waals surface area contributed by atoms with Gasteiger partial charge in [0.1, 0.15) is 12.9 Å². The second-order valence-corrected chi connectivity index (χ2v) is 8.60. The van der Waals surface area contributed by atoms with Crippen molar-refractivity contribution in [3.8, 4) is 5.69 Å². The van der Waals surface area contributed by atoms with Gasteiger partial charge in [-0.2, -0.15) is 4.68 Å². The van der Waals surface area contributed by atoms with Gasteiger partial charge in [0.15, 0.2) is 6.17 Å². The van der Waals surface area contributed by atoms with Gasteiger partial charge in [-0.1, -0.05) is 0 Å². The Kier molecular flexibility index (Phi) is 5.20. The van der Waals surface area contributed by atoms with Crippen LogP contribution in [0.25, 0.3) is 5.69 Å². The number of likely N-dealkylation sites (tertiary alicyclic amines) is 2. The van der Waals surface area contributed by atoms with Crippen molar-refractivity contribution >= 4 is 11.9 Å². The van der Waals surface area contributed by atoms with E-state index in [2.05, 4.69) is 25.4 Å². The van der Waals surface area contributed by atoms with E-state index >= 15 is 0 Å². The Balaban J connectivity index is 1.18. The van der Waals surface area contributed by atoms with E-state index in [1.807, 2.05) is 0 Å². The second kappa shape index (κ2) is 8.05. The molecule has 2 saturated heterocycles. The molecule has 5 heterocycles. The normalized spacial score (nSPS) is 22.1. The standard InChI is InChI=1S/C21H24FN7O3/c1-14-18(12-32-19(14)30)28-9-6-21(20(28)31)4-7-27(8-5-21)11-16(22)17-3-2-15(10-23-17)29-13-24-25-26-29/h2-3,10,13,16H,4-9,11-12H2,1H3. The number of carbonyl (C=O) groups is 2. The van der Waals surface area contributed by atoms with E-state index in [4.69, 9.17) is 4.74 Å². The molecule has 1 spiro atoms. The lowest BCUT2D eigenvalue weighted by Gasteiger charge is -2.38. The average Bonchev–Trinajstić information content (AvgIpc) is 3.53. The van der Waals surface area contributed by atoms with E-state index in [0.29, 0.717) is 55.1 Å². The van der Waals surface area contributed by atoms with Crippen molar-refractivity contribution < 1.29 is 18.7 Å². The van der Waals surface area contributed by atoms with Gasteiger partial charge in [-0.15, -0.1) is 5.10 Å². The summed E-state index contributed by atoms with van der Waals surface area (Å²) in [4.78, 5) is 32.9. The van der Waals surface area contributed by atoms with Gasteiger partial charge in [0.05, 0.1) is 34.3 Å². The summed E-state index contributed by atoms with van der Waals surface area (Å²) in [5.41, 5.74) is 1.81. The second-order valence-electron chi connectivity index (χ2n) is 8.60. The summed E-state index contributed by atoms with van der Waals surface area (Å²) in [6.45, 7) is 4.01. The van der Waals surface area contributed by atoms with Crippen LogP contribution in [-0.4, -0.2) is 79.7 Å². The van der Waals surface area contributed by atoms with Gasteiger partial charge in [0.25, 0.3) is 0 Å². The molecule has 11 heteroatoms. The van der Waals surface area contributed by atoms with Crippen LogP contribution >= 0.6 is 0 Å². The summed E-state index contributed by atoms with van der Waals surface area (Å²) in [6, 6.07) is 3.38. The van der Waals surface area contributed by atoms with Crippen LogP contribution < -0.4 is 0 Å².